The summed E-state index contributed by atoms with van der Waals surface area (Å²) >= 11 is 7.32. The molecule has 1 N–H and O–H groups in total. The van der Waals surface area contributed by atoms with Gasteiger partial charge in [0.25, 0.3) is 0 Å². The Morgan fingerprint density at radius 1 is 1.37 bits per heavy atom. The molecule has 0 radical (unpaired) electrons. The predicted octanol–water partition coefficient (Wildman–Crippen LogP) is 2.42. The van der Waals surface area contributed by atoms with Crippen molar-refractivity contribution in [3.8, 4) is 0 Å². The second kappa shape index (κ2) is 5.00. The van der Waals surface area contributed by atoms with Gasteiger partial charge in [-0.1, -0.05) is 11.6 Å². The van der Waals surface area contributed by atoms with Crippen molar-refractivity contribution < 1.29 is 9.90 Å². The number of carbonyl (C=O) groups excluding carboxylic acids is 1. The summed E-state index contributed by atoms with van der Waals surface area (Å²) in [5.41, 5.74) is -0.583. The Morgan fingerprint density at radius 2 is 2.00 bits per heavy atom. The van der Waals surface area contributed by atoms with Crippen LogP contribution in [0.25, 0.3) is 0 Å². The van der Waals surface area contributed by atoms with Crippen LogP contribution in [0, 0.1) is 5.92 Å². The smallest absolute Gasteiger partial charge is 0.233 e. The number of β-amino-alcohol motifs (C(OH)–C–C–N with tert-alkyl or cyclic N) is 1. The zero-order chi connectivity index (χ0) is 13.5. The van der Waals surface area contributed by atoms with Gasteiger partial charge in [0.15, 0.2) is 0 Å². The molecule has 2 aliphatic rings. The first-order valence-corrected chi connectivity index (χ1v) is 7.82. The zero-order valence-electron chi connectivity index (χ0n) is 10.5. The summed E-state index contributed by atoms with van der Waals surface area (Å²) in [6, 6.07) is 7.47. The third kappa shape index (κ3) is 2.91. The van der Waals surface area contributed by atoms with Gasteiger partial charge in [-0.05, 0) is 43.0 Å². The van der Waals surface area contributed by atoms with Gasteiger partial charge in [-0.15, -0.1) is 11.8 Å². The number of halogens is 1. The summed E-state index contributed by atoms with van der Waals surface area (Å²) in [7, 11) is 0. The van der Waals surface area contributed by atoms with Gasteiger partial charge in [0.1, 0.15) is 5.60 Å². The summed E-state index contributed by atoms with van der Waals surface area (Å²) < 4.78 is 0. The van der Waals surface area contributed by atoms with Crippen LogP contribution >= 0.6 is 23.4 Å². The molecule has 1 aliphatic carbocycles. The minimum absolute atomic E-state index is 0.102. The maximum Gasteiger partial charge on any atom is 0.233 e. The minimum atomic E-state index is -0.583. The molecule has 2 fully saturated rings. The highest BCUT2D eigenvalue weighted by atomic mass is 35.5. The molecule has 5 heteroatoms. The molecule has 0 atom stereocenters. The lowest BCUT2D eigenvalue weighted by Gasteiger charge is -2.47. The number of rotatable bonds is 4. The Labute approximate surface area is 121 Å². The SMILES string of the molecule is O=C(CSc1ccc(Cl)cc1)N1CC(O)(C2CC2)C1. The fourth-order valence-electron chi connectivity index (χ4n) is 2.44. The van der Waals surface area contributed by atoms with E-state index in [1.54, 1.807) is 4.90 Å². The number of aliphatic hydroxyl groups is 1. The second-order valence-electron chi connectivity index (χ2n) is 5.37. The molecule has 0 aromatic heterocycles. The maximum atomic E-state index is 12.0. The Hall–Kier alpha value is -0.710. The molecular formula is C14H16ClNO2S. The van der Waals surface area contributed by atoms with Gasteiger partial charge < -0.3 is 10.0 Å². The lowest BCUT2D eigenvalue weighted by atomic mass is 9.89. The van der Waals surface area contributed by atoms with Crippen LogP contribution in [0.5, 0.6) is 0 Å². The third-order valence-electron chi connectivity index (χ3n) is 3.80. The van der Waals surface area contributed by atoms with Crippen molar-refractivity contribution in [2.24, 2.45) is 5.92 Å². The Balaban J connectivity index is 1.46. The normalized spacial score (nSPS) is 21.1. The number of likely N-dealkylation sites (tertiary alicyclic amines) is 1. The first-order valence-electron chi connectivity index (χ1n) is 6.45. The highest BCUT2D eigenvalue weighted by molar-refractivity contribution is 8.00. The third-order valence-corrected chi connectivity index (χ3v) is 5.04. The monoisotopic (exact) mass is 297 g/mol. The van der Waals surface area contributed by atoms with Crippen molar-refractivity contribution >= 4 is 29.3 Å². The van der Waals surface area contributed by atoms with Crippen molar-refractivity contribution in [3.05, 3.63) is 29.3 Å². The van der Waals surface area contributed by atoms with Crippen molar-refractivity contribution in [3.63, 3.8) is 0 Å². The molecule has 1 aromatic carbocycles. The van der Waals surface area contributed by atoms with E-state index in [9.17, 15) is 9.90 Å². The van der Waals surface area contributed by atoms with E-state index < -0.39 is 5.60 Å². The number of nitrogens with zero attached hydrogens (tertiary/aromatic N) is 1. The van der Waals surface area contributed by atoms with Gasteiger partial charge in [0.2, 0.25) is 5.91 Å². The molecule has 1 amide bonds. The highest BCUT2D eigenvalue weighted by Crippen LogP contribution is 2.44. The summed E-state index contributed by atoms with van der Waals surface area (Å²) in [6.45, 7) is 1.02. The van der Waals surface area contributed by atoms with E-state index in [4.69, 9.17) is 11.6 Å². The number of thioether (sulfide) groups is 1. The summed E-state index contributed by atoms with van der Waals surface area (Å²) in [4.78, 5) is 14.8. The van der Waals surface area contributed by atoms with Crippen LogP contribution < -0.4 is 0 Å². The maximum absolute atomic E-state index is 12.0. The number of hydrogen-bond donors (Lipinski definition) is 1. The Kier molecular flexibility index (Phi) is 3.50. The van der Waals surface area contributed by atoms with E-state index in [2.05, 4.69) is 0 Å². The first-order chi connectivity index (χ1) is 9.07. The molecule has 3 rings (SSSR count). The van der Waals surface area contributed by atoms with Gasteiger partial charge in [-0.3, -0.25) is 4.79 Å². The van der Waals surface area contributed by atoms with Crippen molar-refractivity contribution in [2.75, 3.05) is 18.8 Å². The van der Waals surface area contributed by atoms with E-state index in [1.807, 2.05) is 24.3 Å². The number of amides is 1. The molecule has 19 heavy (non-hydrogen) atoms. The average Bonchev–Trinajstić information content (AvgIpc) is 3.18. The van der Waals surface area contributed by atoms with E-state index in [1.165, 1.54) is 11.8 Å². The lowest BCUT2D eigenvalue weighted by Crippen LogP contribution is -2.65. The molecule has 0 spiro atoms. The molecule has 0 bridgehead atoms. The second-order valence-corrected chi connectivity index (χ2v) is 6.86. The molecule has 1 aromatic rings. The molecular weight excluding hydrogens is 282 g/mol. The Morgan fingerprint density at radius 3 is 2.58 bits per heavy atom. The fraction of sp³-hybridized carbons (Fsp3) is 0.500. The quantitative estimate of drug-likeness (QED) is 0.868. The van der Waals surface area contributed by atoms with Crippen LogP contribution in [0.3, 0.4) is 0 Å². The van der Waals surface area contributed by atoms with Crippen molar-refractivity contribution in [1.82, 2.24) is 4.90 Å². The summed E-state index contributed by atoms with van der Waals surface area (Å²) in [6.07, 6.45) is 2.22. The molecule has 1 saturated carbocycles. The van der Waals surface area contributed by atoms with Crippen LogP contribution in [0.15, 0.2) is 29.2 Å². The predicted molar refractivity (Wildman–Crippen MR) is 76.4 cm³/mol. The van der Waals surface area contributed by atoms with E-state index >= 15 is 0 Å². The first kappa shape index (κ1) is 13.3. The highest BCUT2D eigenvalue weighted by Gasteiger charge is 2.53. The van der Waals surface area contributed by atoms with Gasteiger partial charge in [0.05, 0.1) is 18.8 Å². The van der Waals surface area contributed by atoms with E-state index in [-0.39, 0.29) is 5.91 Å². The molecule has 0 unspecified atom stereocenters. The number of carbonyl (C=O) groups is 1. The molecule has 1 heterocycles. The largest absolute Gasteiger partial charge is 0.386 e. The van der Waals surface area contributed by atoms with Crippen LogP contribution in [-0.2, 0) is 4.79 Å². The number of benzene rings is 1. The topological polar surface area (TPSA) is 40.5 Å². The van der Waals surface area contributed by atoms with Crippen LogP contribution in [0.1, 0.15) is 12.8 Å². The van der Waals surface area contributed by atoms with Crippen LogP contribution in [-0.4, -0.2) is 40.4 Å². The van der Waals surface area contributed by atoms with Crippen LogP contribution in [0.2, 0.25) is 5.02 Å². The molecule has 102 valence electrons. The average molecular weight is 298 g/mol. The van der Waals surface area contributed by atoms with Gasteiger partial charge in [-0.25, -0.2) is 0 Å². The van der Waals surface area contributed by atoms with Crippen molar-refractivity contribution in [2.45, 2.75) is 23.3 Å². The zero-order valence-corrected chi connectivity index (χ0v) is 12.1. The Bertz CT molecular complexity index is 481. The van der Waals surface area contributed by atoms with Crippen LogP contribution in [0.4, 0.5) is 0 Å². The van der Waals surface area contributed by atoms with E-state index in [0.29, 0.717) is 29.8 Å². The van der Waals surface area contributed by atoms with Gasteiger partial charge in [0, 0.05) is 9.92 Å². The summed E-state index contributed by atoms with van der Waals surface area (Å²) in [5.74, 6) is 0.952. The van der Waals surface area contributed by atoms with E-state index in [0.717, 1.165) is 17.7 Å². The standard InChI is InChI=1S/C14H16ClNO2S/c15-11-3-5-12(6-4-11)19-7-13(17)16-8-14(18,9-16)10-1-2-10/h3-6,10,18H,1-2,7-9H2. The van der Waals surface area contributed by atoms with Gasteiger partial charge >= 0.3 is 0 Å². The van der Waals surface area contributed by atoms with Crippen molar-refractivity contribution in [1.29, 1.82) is 0 Å². The molecule has 1 saturated heterocycles. The lowest BCUT2D eigenvalue weighted by molar-refractivity contribution is -0.156. The molecule has 3 nitrogen and oxygen atoms in total. The summed E-state index contributed by atoms with van der Waals surface area (Å²) in [5, 5.41) is 10.9. The molecule has 1 aliphatic heterocycles. The minimum Gasteiger partial charge on any atom is -0.386 e. The number of hydrogen-bond acceptors (Lipinski definition) is 3. The fourth-order valence-corrected chi connectivity index (χ4v) is 3.36. The van der Waals surface area contributed by atoms with Gasteiger partial charge in [-0.2, -0.15) is 0 Å².